The van der Waals surface area contributed by atoms with Gasteiger partial charge < -0.3 is 4.74 Å². The van der Waals surface area contributed by atoms with Crippen LogP contribution in [0.4, 0.5) is 13.2 Å². The number of carbonyl (C=O) groups is 1. The Kier molecular flexibility index (Phi) is 4.38. The van der Waals surface area contributed by atoms with E-state index in [1.165, 1.54) is 0 Å². The van der Waals surface area contributed by atoms with Crippen molar-refractivity contribution in [2.24, 2.45) is 5.41 Å². The van der Waals surface area contributed by atoms with Crippen LogP contribution < -0.4 is 0 Å². The van der Waals surface area contributed by atoms with Gasteiger partial charge in [-0.25, -0.2) is 13.2 Å². The Balaban J connectivity index is 2.76. The van der Waals surface area contributed by atoms with Crippen LogP contribution in [0.25, 0.3) is 0 Å². The molecule has 1 aromatic rings. The van der Waals surface area contributed by atoms with Gasteiger partial charge in [0.25, 0.3) is 0 Å². The zero-order chi connectivity index (χ0) is 13.9. The Hall–Kier alpha value is -1.52. The van der Waals surface area contributed by atoms with Crippen LogP contribution in [0.1, 0.15) is 32.8 Å². The number of halogens is 3. The SMILES string of the molecule is CCC(C)(C)C(=O)OCc1cc(F)c(F)cc1F. The Morgan fingerprint density at radius 2 is 1.72 bits per heavy atom. The van der Waals surface area contributed by atoms with E-state index in [4.69, 9.17) is 4.74 Å². The second-order valence-corrected chi connectivity index (χ2v) is 4.67. The molecule has 0 heterocycles. The van der Waals surface area contributed by atoms with Crippen molar-refractivity contribution >= 4 is 5.97 Å². The van der Waals surface area contributed by atoms with Crippen molar-refractivity contribution in [1.82, 2.24) is 0 Å². The lowest BCUT2D eigenvalue weighted by Gasteiger charge is -2.20. The number of rotatable bonds is 4. The first kappa shape index (κ1) is 14.5. The summed E-state index contributed by atoms with van der Waals surface area (Å²) >= 11 is 0. The molecule has 1 aromatic carbocycles. The number of carbonyl (C=O) groups excluding carboxylic acids is 1. The lowest BCUT2D eigenvalue weighted by Crippen LogP contribution is -2.25. The van der Waals surface area contributed by atoms with Gasteiger partial charge in [-0.1, -0.05) is 6.92 Å². The highest BCUT2D eigenvalue weighted by Crippen LogP contribution is 2.23. The Morgan fingerprint density at radius 1 is 1.17 bits per heavy atom. The number of ether oxygens (including phenoxy) is 1. The van der Waals surface area contributed by atoms with E-state index in [0.717, 1.165) is 0 Å². The quantitative estimate of drug-likeness (QED) is 0.611. The predicted octanol–water partition coefficient (Wildman–Crippen LogP) is 3.58. The maximum atomic E-state index is 13.3. The molecule has 0 fully saturated rings. The Labute approximate surface area is 104 Å². The second-order valence-electron chi connectivity index (χ2n) is 4.67. The summed E-state index contributed by atoms with van der Waals surface area (Å²) in [4.78, 5) is 11.6. The normalized spacial score (nSPS) is 11.4. The average Bonchev–Trinajstić information content (AvgIpc) is 2.31. The van der Waals surface area contributed by atoms with E-state index in [2.05, 4.69) is 0 Å². The van der Waals surface area contributed by atoms with Crippen molar-refractivity contribution in [2.75, 3.05) is 0 Å². The summed E-state index contributed by atoms with van der Waals surface area (Å²) in [5.74, 6) is -3.88. The molecule has 0 aromatic heterocycles. The summed E-state index contributed by atoms with van der Waals surface area (Å²) in [5, 5.41) is 0. The van der Waals surface area contributed by atoms with Crippen LogP contribution >= 0.6 is 0 Å². The van der Waals surface area contributed by atoms with Crippen LogP contribution in [0.3, 0.4) is 0 Å². The lowest BCUT2D eigenvalue weighted by molar-refractivity contribution is -0.155. The molecule has 5 heteroatoms. The van der Waals surface area contributed by atoms with Gasteiger partial charge in [-0.05, 0) is 26.3 Å². The van der Waals surface area contributed by atoms with Crippen LogP contribution in [0, 0.1) is 22.9 Å². The molecule has 0 aliphatic carbocycles. The first-order valence-corrected chi connectivity index (χ1v) is 5.58. The molecule has 0 spiro atoms. The van der Waals surface area contributed by atoms with Gasteiger partial charge in [-0.15, -0.1) is 0 Å². The van der Waals surface area contributed by atoms with Gasteiger partial charge in [0.2, 0.25) is 0 Å². The number of esters is 1. The monoisotopic (exact) mass is 260 g/mol. The summed E-state index contributed by atoms with van der Waals surface area (Å²) in [6, 6.07) is 1.13. The van der Waals surface area contributed by atoms with E-state index >= 15 is 0 Å². The number of benzene rings is 1. The van der Waals surface area contributed by atoms with E-state index in [1.807, 2.05) is 6.92 Å². The van der Waals surface area contributed by atoms with Crippen molar-refractivity contribution in [3.8, 4) is 0 Å². The minimum absolute atomic E-state index is 0.186. The third kappa shape index (κ3) is 3.24. The van der Waals surface area contributed by atoms with Crippen LogP contribution in [-0.2, 0) is 16.1 Å². The van der Waals surface area contributed by atoms with E-state index < -0.39 is 35.4 Å². The number of hydrogen-bond acceptors (Lipinski definition) is 2. The molecule has 0 atom stereocenters. The van der Waals surface area contributed by atoms with Gasteiger partial charge in [0.1, 0.15) is 12.4 Å². The molecule has 18 heavy (non-hydrogen) atoms. The zero-order valence-electron chi connectivity index (χ0n) is 10.5. The maximum Gasteiger partial charge on any atom is 0.311 e. The Bertz CT molecular complexity index is 456. The molecule has 0 bridgehead atoms. The molecule has 1 rings (SSSR count). The van der Waals surface area contributed by atoms with Gasteiger partial charge in [-0.3, -0.25) is 4.79 Å². The van der Waals surface area contributed by atoms with Gasteiger partial charge >= 0.3 is 5.97 Å². The topological polar surface area (TPSA) is 26.3 Å². The third-order valence-electron chi connectivity index (χ3n) is 2.88. The predicted molar refractivity (Wildman–Crippen MR) is 60.2 cm³/mol. The molecule has 0 radical (unpaired) electrons. The molecule has 100 valence electrons. The molecule has 2 nitrogen and oxygen atoms in total. The summed E-state index contributed by atoms with van der Waals surface area (Å²) in [7, 11) is 0. The summed E-state index contributed by atoms with van der Waals surface area (Å²) < 4.78 is 43.7. The standard InChI is InChI=1S/C13H15F3O2/c1-4-13(2,3)12(17)18-7-8-5-10(15)11(16)6-9(8)14/h5-6H,4,7H2,1-3H3. The first-order valence-electron chi connectivity index (χ1n) is 5.58. The lowest BCUT2D eigenvalue weighted by atomic mass is 9.91. The Morgan fingerprint density at radius 3 is 2.28 bits per heavy atom. The number of hydrogen-bond donors (Lipinski definition) is 0. The van der Waals surface area contributed by atoms with Crippen LogP contribution in [0.2, 0.25) is 0 Å². The summed E-state index contributed by atoms with van der Waals surface area (Å²) in [6.45, 7) is 4.79. The smallest absolute Gasteiger partial charge is 0.311 e. The van der Waals surface area contributed by atoms with E-state index in [1.54, 1.807) is 13.8 Å². The highest BCUT2D eigenvalue weighted by atomic mass is 19.2. The van der Waals surface area contributed by atoms with Crippen molar-refractivity contribution in [1.29, 1.82) is 0 Å². The average molecular weight is 260 g/mol. The highest BCUT2D eigenvalue weighted by molar-refractivity contribution is 5.75. The largest absolute Gasteiger partial charge is 0.460 e. The fourth-order valence-corrected chi connectivity index (χ4v) is 1.16. The maximum absolute atomic E-state index is 13.3. The van der Waals surface area contributed by atoms with E-state index in [9.17, 15) is 18.0 Å². The summed E-state index contributed by atoms with van der Waals surface area (Å²) in [5.41, 5.74) is -0.871. The third-order valence-corrected chi connectivity index (χ3v) is 2.88. The van der Waals surface area contributed by atoms with Crippen molar-refractivity contribution in [3.05, 3.63) is 35.1 Å². The molecule has 0 saturated heterocycles. The summed E-state index contributed by atoms with van der Waals surface area (Å²) in [6.07, 6.45) is 0.562. The molecule has 0 N–H and O–H groups in total. The van der Waals surface area contributed by atoms with Gasteiger partial charge in [0.15, 0.2) is 11.6 Å². The molecule has 0 aliphatic rings. The fraction of sp³-hybridized carbons (Fsp3) is 0.462. The molecular weight excluding hydrogens is 245 g/mol. The second kappa shape index (κ2) is 5.42. The van der Waals surface area contributed by atoms with Crippen LogP contribution in [0.5, 0.6) is 0 Å². The molecular formula is C13H15F3O2. The first-order chi connectivity index (χ1) is 8.27. The van der Waals surface area contributed by atoms with Crippen molar-refractivity contribution in [3.63, 3.8) is 0 Å². The van der Waals surface area contributed by atoms with Gasteiger partial charge in [0.05, 0.1) is 5.41 Å². The van der Waals surface area contributed by atoms with Crippen molar-refractivity contribution < 1.29 is 22.7 Å². The highest BCUT2D eigenvalue weighted by Gasteiger charge is 2.27. The molecule has 0 saturated carbocycles. The van der Waals surface area contributed by atoms with Crippen LogP contribution in [0.15, 0.2) is 12.1 Å². The fourth-order valence-electron chi connectivity index (χ4n) is 1.16. The van der Waals surface area contributed by atoms with Crippen LogP contribution in [-0.4, -0.2) is 5.97 Å². The zero-order valence-corrected chi connectivity index (χ0v) is 10.5. The van der Waals surface area contributed by atoms with E-state index in [0.29, 0.717) is 18.6 Å². The van der Waals surface area contributed by atoms with E-state index in [-0.39, 0.29) is 5.56 Å². The minimum Gasteiger partial charge on any atom is -0.460 e. The molecule has 0 aliphatic heterocycles. The van der Waals surface area contributed by atoms with Crippen molar-refractivity contribution in [2.45, 2.75) is 33.8 Å². The molecule has 0 unspecified atom stereocenters. The minimum atomic E-state index is -1.27. The van der Waals surface area contributed by atoms with Gasteiger partial charge in [-0.2, -0.15) is 0 Å². The molecule has 0 amide bonds. The van der Waals surface area contributed by atoms with Gasteiger partial charge in [0, 0.05) is 11.6 Å².